The zero-order valence-corrected chi connectivity index (χ0v) is 9.69. The van der Waals surface area contributed by atoms with E-state index in [0.717, 1.165) is 12.4 Å². The third-order valence-electron chi connectivity index (χ3n) is 1.63. The van der Waals surface area contributed by atoms with Crippen molar-refractivity contribution in [2.24, 2.45) is 0 Å². The molecule has 0 atom stereocenters. The molecule has 0 aromatic heterocycles. The Morgan fingerprint density at radius 1 is 0.643 bits per heavy atom. The predicted octanol–water partition coefficient (Wildman–Crippen LogP) is 4.30. The van der Waals surface area contributed by atoms with Crippen LogP contribution in [0.2, 0.25) is 20.1 Å². The van der Waals surface area contributed by atoms with Gasteiger partial charge in [-0.05, 0) is 0 Å². The largest absolute Gasteiger partial charge is 0.308 e. The van der Waals surface area contributed by atoms with E-state index in [1.54, 1.807) is 0 Å². The lowest BCUT2D eigenvalue weighted by Gasteiger charge is -2.09. The number of halogens is 4. The predicted molar refractivity (Wildman–Crippen MR) is 62.3 cm³/mol. The number of benzene rings is 1. The van der Waals surface area contributed by atoms with Gasteiger partial charge >= 0.3 is 0 Å². The van der Waals surface area contributed by atoms with Gasteiger partial charge in [0.2, 0.25) is 0 Å². The first-order valence-electron chi connectivity index (χ1n) is 3.41. The third-order valence-corrected chi connectivity index (χ3v) is 3.46. The van der Waals surface area contributed by atoms with E-state index < -0.39 is 0 Å². The van der Waals surface area contributed by atoms with Crippen LogP contribution in [0.25, 0.3) is 0 Å². The molecule has 0 saturated carbocycles. The fourth-order valence-electron chi connectivity index (χ4n) is 0.948. The zero-order chi connectivity index (χ0) is 10.9. The lowest BCUT2D eigenvalue weighted by atomic mass is 10.1. The van der Waals surface area contributed by atoms with Gasteiger partial charge in [-0.3, -0.25) is 0 Å². The first-order valence-corrected chi connectivity index (χ1v) is 4.92. The molecule has 1 aromatic rings. The van der Waals surface area contributed by atoms with Crippen molar-refractivity contribution in [2.75, 3.05) is 0 Å². The molecule has 0 unspecified atom stereocenters. The molecular weight excluding hydrogens is 266 g/mol. The molecule has 0 aliphatic carbocycles. The maximum Gasteiger partial charge on any atom is 0.0800 e. The highest BCUT2D eigenvalue weighted by molar-refractivity contribution is 6.53. The minimum Gasteiger partial charge on any atom is -0.308 e. The molecule has 14 heavy (non-hydrogen) atoms. The van der Waals surface area contributed by atoms with Crippen molar-refractivity contribution in [2.45, 2.75) is 0 Å². The van der Waals surface area contributed by atoms with Crippen LogP contribution in [0.1, 0.15) is 11.1 Å². The van der Waals surface area contributed by atoms with Crippen molar-refractivity contribution >= 4 is 58.8 Å². The van der Waals surface area contributed by atoms with Gasteiger partial charge in [0.25, 0.3) is 0 Å². The van der Waals surface area contributed by atoms with E-state index in [4.69, 9.17) is 57.2 Å². The fraction of sp³-hybridized carbons (Fsp3) is 0. The quantitative estimate of drug-likeness (QED) is 0.457. The third kappa shape index (κ3) is 1.75. The van der Waals surface area contributed by atoms with Crippen LogP contribution in [0.3, 0.4) is 0 Å². The van der Waals surface area contributed by atoms with Crippen LogP contribution in [-0.2, 0) is 0 Å². The molecule has 0 fully saturated rings. The average molecular weight is 270 g/mol. The first kappa shape index (κ1) is 11.8. The lowest BCUT2D eigenvalue weighted by molar-refractivity contribution is 1.50. The Morgan fingerprint density at radius 3 is 1.14 bits per heavy atom. The van der Waals surface area contributed by atoms with Crippen LogP contribution in [0.4, 0.5) is 0 Å². The van der Waals surface area contributed by atoms with Crippen LogP contribution < -0.4 is 0 Å². The molecule has 0 saturated heterocycles. The second-order valence-corrected chi connectivity index (χ2v) is 3.88. The Morgan fingerprint density at radius 2 is 0.929 bits per heavy atom. The van der Waals surface area contributed by atoms with E-state index in [-0.39, 0.29) is 20.1 Å². The van der Waals surface area contributed by atoms with E-state index >= 15 is 0 Å². The smallest absolute Gasteiger partial charge is 0.0800 e. The monoisotopic (exact) mass is 268 g/mol. The molecule has 6 heteroatoms. The Balaban J connectivity index is 3.73. The van der Waals surface area contributed by atoms with Gasteiger partial charge in [-0.25, -0.2) is 0 Å². The highest BCUT2D eigenvalue weighted by Crippen LogP contribution is 2.40. The summed E-state index contributed by atoms with van der Waals surface area (Å²) in [6.07, 6.45) is 1.97. The van der Waals surface area contributed by atoms with E-state index in [2.05, 4.69) is 0 Å². The molecule has 74 valence electrons. The molecule has 0 amide bonds. The second kappa shape index (κ2) is 4.49. The number of hydrogen-bond donors (Lipinski definition) is 2. The minimum absolute atomic E-state index is 0.0995. The summed E-state index contributed by atoms with van der Waals surface area (Å²) in [6.45, 7) is 0. The Hall–Kier alpha value is -0.280. The van der Waals surface area contributed by atoms with E-state index in [1.165, 1.54) is 0 Å². The van der Waals surface area contributed by atoms with E-state index in [1.807, 2.05) is 0 Å². The number of hydrogen-bond acceptors (Lipinski definition) is 2. The van der Waals surface area contributed by atoms with Gasteiger partial charge in [-0.2, -0.15) is 0 Å². The van der Waals surface area contributed by atoms with Crippen molar-refractivity contribution in [3.8, 4) is 0 Å². The first-order chi connectivity index (χ1) is 6.54. The summed E-state index contributed by atoms with van der Waals surface area (Å²) >= 11 is 23.2. The van der Waals surface area contributed by atoms with Gasteiger partial charge in [-0.15, -0.1) is 0 Å². The molecule has 0 heterocycles. The second-order valence-electron chi connectivity index (χ2n) is 2.37. The summed E-state index contributed by atoms with van der Waals surface area (Å²) in [7, 11) is 0. The van der Waals surface area contributed by atoms with Crippen LogP contribution >= 0.6 is 46.4 Å². The van der Waals surface area contributed by atoms with Crippen molar-refractivity contribution in [1.29, 1.82) is 10.8 Å². The number of nitrogens with one attached hydrogen (secondary N) is 2. The van der Waals surface area contributed by atoms with Gasteiger partial charge in [0.1, 0.15) is 0 Å². The summed E-state index contributed by atoms with van der Waals surface area (Å²) < 4.78 is 0. The maximum absolute atomic E-state index is 7.12. The van der Waals surface area contributed by atoms with Crippen LogP contribution in [0.5, 0.6) is 0 Å². The average Bonchev–Trinajstić information content (AvgIpc) is 2.20. The summed E-state index contributed by atoms with van der Waals surface area (Å²) in [5.74, 6) is 0. The lowest BCUT2D eigenvalue weighted by Crippen LogP contribution is -1.95. The highest BCUT2D eigenvalue weighted by atomic mass is 35.5. The summed E-state index contributed by atoms with van der Waals surface area (Å²) in [6, 6.07) is 0. The molecule has 1 rings (SSSR count). The topological polar surface area (TPSA) is 47.7 Å². The molecule has 0 aliphatic heterocycles. The summed E-state index contributed by atoms with van der Waals surface area (Å²) in [5, 5.41) is 14.7. The normalized spacial score (nSPS) is 10.0. The molecule has 2 nitrogen and oxygen atoms in total. The van der Waals surface area contributed by atoms with Crippen molar-refractivity contribution < 1.29 is 0 Å². The Kier molecular flexibility index (Phi) is 3.78. The summed E-state index contributed by atoms with van der Waals surface area (Å²) in [4.78, 5) is 0. The van der Waals surface area contributed by atoms with Gasteiger partial charge in [0, 0.05) is 23.6 Å². The Labute approximate surface area is 101 Å². The minimum atomic E-state index is 0.0995. The standard InChI is InChI=1S/C8H4Cl4N2/c9-5-3(1-13)4(2-14)6(10)8(12)7(5)11/h1-2,13-14H. The van der Waals surface area contributed by atoms with Gasteiger partial charge in [0.05, 0.1) is 20.1 Å². The number of rotatable bonds is 2. The molecular formula is C8H4Cl4N2. The highest BCUT2D eigenvalue weighted by Gasteiger charge is 2.17. The fourth-order valence-corrected chi connectivity index (χ4v) is 1.94. The molecule has 0 aliphatic rings. The maximum atomic E-state index is 7.12. The van der Waals surface area contributed by atoms with Crippen molar-refractivity contribution in [3.63, 3.8) is 0 Å². The van der Waals surface area contributed by atoms with E-state index in [0.29, 0.717) is 11.1 Å². The molecule has 0 radical (unpaired) electrons. The van der Waals surface area contributed by atoms with Crippen LogP contribution in [0.15, 0.2) is 0 Å². The van der Waals surface area contributed by atoms with Crippen LogP contribution in [0, 0.1) is 10.8 Å². The molecule has 2 N–H and O–H groups in total. The molecule has 0 spiro atoms. The van der Waals surface area contributed by atoms with Crippen molar-refractivity contribution in [1.82, 2.24) is 0 Å². The Bertz CT molecular complexity index is 376. The van der Waals surface area contributed by atoms with Gasteiger partial charge in [0.15, 0.2) is 0 Å². The SMILES string of the molecule is N=Cc1c(Cl)c(Cl)c(Cl)c(Cl)c1C=N. The molecule has 1 aromatic carbocycles. The van der Waals surface area contributed by atoms with Crippen molar-refractivity contribution in [3.05, 3.63) is 31.2 Å². The van der Waals surface area contributed by atoms with E-state index in [9.17, 15) is 0 Å². The zero-order valence-electron chi connectivity index (χ0n) is 6.67. The van der Waals surface area contributed by atoms with Gasteiger partial charge in [-0.1, -0.05) is 46.4 Å². The summed E-state index contributed by atoms with van der Waals surface area (Å²) in [5.41, 5.74) is 0.585. The van der Waals surface area contributed by atoms with Gasteiger partial charge < -0.3 is 10.8 Å². The van der Waals surface area contributed by atoms with Crippen LogP contribution in [-0.4, -0.2) is 12.4 Å². The molecule has 0 bridgehead atoms.